The molecule has 25 heavy (non-hydrogen) atoms. The molecule has 0 aromatic heterocycles. The smallest absolute Gasteiger partial charge is 0.178 e. The molecule has 0 saturated carbocycles. The minimum atomic E-state index is -0.100. The summed E-state index contributed by atoms with van der Waals surface area (Å²) in [4.78, 5) is 12.0. The van der Waals surface area contributed by atoms with Gasteiger partial charge in [0.1, 0.15) is 5.75 Å². The number of hydrogen-bond donors (Lipinski definition) is 0. The summed E-state index contributed by atoms with van der Waals surface area (Å²) in [6, 6.07) is 13.1. The Morgan fingerprint density at radius 3 is 2.28 bits per heavy atom. The van der Waals surface area contributed by atoms with Gasteiger partial charge in [0.2, 0.25) is 0 Å². The van der Waals surface area contributed by atoms with Crippen molar-refractivity contribution in [2.24, 2.45) is 0 Å². The fourth-order valence-electron chi connectivity index (χ4n) is 2.22. The first-order valence-electron chi connectivity index (χ1n) is 8.01. The van der Waals surface area contributed by atoms with Crippen LogP contribution in [0, 0.1) is 0 Å². The van der Waals surface area contributed by atoms with Gasteiger partial charge >= 0.3 is 0 Å². The van der Waals surface area contributed by atoms with Crippen molar-refractivity contribution in [3.8, 4) is 17.2 Å². The second-order valence-corrected chi connectivity index (χ2v) is 5.19. The van der Waals surface area contributed by atoms with E-state index in [4.69, 9.17) is 14.2 Å². The largest absolute Gasteiger partial charge is 0.497 e. The van der Waals surface area contributed by atoms with E-state index in [9.17, 15) is 4.79 Å². The average molecular weight is 338 g/mol. The molecule has 2 aromatic rings. The summed E-state index contributed by atoms with van der Waals surface area (Å²) >= 11 is 0. The van der Waals surface area contributed by atoms with E-state index in [1.807, 2.05) is 49.4 Å². The maximum absolute atomic E-state index is 12.0. The fourth-order valence-corrected chi connectivity index (χ4v) is 2.22. The number of benzene rings is 2. The lowest BCUT2D eigenvalue weighted by molar-refractivity contribution is -0.110. The van der Waals surface area contributed by atoms with Gasteiger partial charge in [0, 0.05) is 0 Å². The van der Waals surface area contributed by atoms with Gasteiger partial charge in [-0.05, 0) is 54.5 Å². The molecule has 0 fully saturated rings. The molecule has 0 spiro atoms. The normalized spacial score (nSPS) is 11.0. The third kappa shape index (κ3) is 5.53. The molecule has 0 radical (unpaired) electrons. The van der Waals surface area contributed by atoms with E-state index in [0.29, 0.717) is 18.1 Å². The Morgan fingerprint density at radius 2 is 1.64 bits per heavy atom. The molecular weight excluding hydrogens is 316 g/mol. The van der Waals surface area contributed by atoms with Crippen molar-refractivity contribution in [3.63, 3.8) is 0 Å². The Balaban J connectivity index is 2.06. The molecule has 4 heteroatoms. The summed E-state index contributed by atoms with van der Waals surface area (Å²) in [5.41, 5.74) is 1.77. The van der Waals surface area contributed by atoms with Gasteiger partial charge in [-0.1, -0.05) is 30.4 Å². The van der Waals surface area contributed by atoms with Crippen molar-refractivity contribution in [2.75, 3.05) is 20.8 Å². The molecule has 2 rings (SSSR count). The first-order chi connectivity index (χ1) is 12.2. The molecule has 0 bridgehead atoms. The van der Waals surface area contributed by atoms with Crippen molar-refractivity contribution in [1.29, 1.82) is 0 Å². The molecule has 0 unspecified atom stereocenters. The number of hydrogen-bond acceptors (Lipinski definition) is 4. The monoisotopic (exact) mass is 338 g/mol. The number of methoxy groups -OCH3 is 2. The summed E-state index contributed by atoms with van der Waals surface area (Å²) in [7, 11) is 3.21. The van der Waals surface area contributed by atoms with Gasteiger partial charge in [0.15, 0.2) is 17.3 Å². The van der Waals surface area contributed by atoms with Crippen LogP contribution >= 0.6 is 0 Å². The highest BCUT2D eigenvalue weighted by atomic mass is 16.5. The summed E-state index contributed by atoms with van der Waals surface area (Å²) in [5.74, 6) is 1.98. The predicted molar refractivity (Wildman–Crippen MR) is 100 cm³/mol. The molecule has 0 amide bonds. The van der Waals surface area contributed by atoms with Crippen LogP contribution in [0.2, 0.25) is 0 Å². The summed E-state index contributed by atoms with van der Waals surface area (Å²) in [5, 5.41) is 0. The lowest BCUT2D eigenvalue weighted by Gasteiger charge is -2.09. The Bertz CT molecular complexity index is 775. The fraction of sp³-hybridized carbons (Fsp3) is 0.190. The third-order valence-corrected chi connectivity index (χ3v) is 3.46. The lowest BCUT2D eigenvalue weighted by Crippen LogP contribution is -1.95. The maximum atomic E-state index is 12.0. The summed E-state index contributed by atoms with van der Waals surface area (Å²) in [6.45, 7) is 2.46. The highest BCUT2D eigenvalue weighted by Gasteiger charge is 2.04. The second-order valence-electron chi connectivity index (χ2n) is 5.19. The van der Waals surface area contributed by atoms with Crippen LogP contribution in [0.3, 0.4) is 0 Å². The minimum Gasteiger partial charge on any atom is -0.497 e. The van der Waals surface area contributed by atoms with Gasteiger partial charge < -0.3 is 14.2 Å². The third-order valence-electron chi connectivity index (χ3n) is 3.46. The van der Waals surface area contributed by atoms with Crippen molar-refractivity contribution in [1.82, 2.24) is 0 Å². The van der Waals surface area contributed by atoms with E-state index in [1.54, 1.807) is 26.4 Å². The van der Waals surface area contributed by atoms with E-state index in [2.05, 4.69) is 0 Å². The number of ether oxygens (including phenoxy) is 3. The number of ketones is 1. The zero-order valence-electron chi connectivity index (χ0n) is 14.7. The van der Waals surface area contributed by atoms with E-state index in [-0.39, 0.29) is 5.78 Å². The van der Waals surface area contributed by atoms with Crippen molar-refractivity contribution < 1.29 is 19.0 Å². The second kappa shape index (κ2) is 9.33. The zero-order valence-corrected chi connectivity index (χ0v) is 14.7. The average Bonchev–Trinajstić information content (AvgIpc) is 2.65. The van der Waals surface area contributed by atoms with Gasteiger partial charge in [-0.25, -0.2) is 0 Å². The van der Waals surface area contributed by atoms with Gasteiger partial charge in [-0.15, -0.1) is 0 Å². The van der Waals surface area contributed by atoms with Crippen molar-refractivity contribution >= 4 is 17.9 Å². The van der Waals surface area contributed by atoms with E-state index in [1.165, 1.54) is 12.2 Å². The molecule has 0 N–H and O–H groups in total. The molecule has 0 aliphatic heterocycles. The van der Waals surface area contributed by atoms with Crippen LogP contribution in [-0.4, -0.2) is 26.6 Å². The molecule has 0 atom stereocenters. The summed E-state index contributed by atoms with van der Waals surface area (Å²) < 4.78 is 15.9. The number of carbonyl (C=O) groups excluding carboxylic acids is 1. The van der Waals surface area contributed by atoms with Crippen LogP contribution in [0.25, 0.3) is 12.2 Å². The Kier molecular flexibility index (Phi) is 6.84. The van der Waals surface area contributed by atoms with E-state index in [0.717, 1.165) is 16.9 Å². The van der Waals surface area contributed by atoms with Gasteiger partial charge in [-0.3, -0.25) is 4.79 Å². The van der Waals surface area contributed by atoms with E-state index >= 15 is 0 Å². The molecular formula is C21H22O4. The first kappa shape index (κ1) is 18.3. The highest BCUT2D eigenvalue weighted by Crippen LogP contribution is 2.28. The molecule has 0 heterocycles. The Morgan fingerprint density at radius 1 is 0.920 bits per heavy atom. The molecule has 2 aromatic carbocycles. The van der Waals surface area contributed by atoms with Crippen molar-refractivity contribution in [3.05, 3.63) is 65.7 Å². The quantitative estimate of drug-likeness (QED) is 0.669. The highest BCUT2D eigenvalue weighted by molar-refractivity contribution is 6.04. The van der Waals surface area contributed by atoms with Crippen LogP contribution < -0.4 is 14.2 Å². The van der Waals surface area contributed by atoms with Crippen LogP contribution in [0.4, 0.5) is 0 Å². The van der Waals surface area contributed by atoms with Crippen LogP contribution in [0.1, 0.15) is 18.1 Å². The zero-order chi connectivity index (χ0) is 18.1. The maximum Gasteiger partial charge on any atom is 0.178 e. The number of carbonyl (C=O) groups is 1. The standard InChI is InChI=1S/C21H22O4/c1-4-25-21-15-17(10-13-20(21)24-3)9-12-18(22)11-8-16-6-5-7-19(14-16)23-2/h5-15H,4H2,1-3H3/b11-8+,12-9+. The molecule has 0 saturated heterocycles. The van der Waals surface area contributed by atoms with Crippen LogP contribution in [0.15, 0.2) is 54.6 Å². The molecule has 4 nitrogen and oxygen atoms in total. The Hall–Kier alpha value is -3.01. The summed E-state index contributed by atoms with van der Waals surface area (Å²) in [6.07, 6.45) is 6.56. The molecule has 0 aliphatic carbocycles. The predicted octanol–water partition coefficient (Wildman–Crippen LogP) is 4.40. The van der Waals surface area contributed by atoms with Gasteiger partial charge in [-0.2, -0.15) is 0 Å². The lowest BCUT2D eigenvalue weighted by atomic mass is 10.1. The van der Waals surface area contributed by atoms with Crippen molar-refractivity contribution in [2.45, 2.75) is 6.92 Å². The Labute approximate surface area is 148 Å². The van der Waals surface area contributed by atoms with Gasteiger partial charge in [0.05, 0.1) is 20.8 Å². The molecule has 130 valence electrons. The first-order valence-corrected chi connectivity index (χ1v) is 8.01. The number of allylic oxidation sites excluding steroid dienone is 2. The van der Waals surface area contributed by atoms with Gasteiger partial charge in [0.25, 0.3) is 0 Å². The minimum absolute atomic E-state index is 0.100. The van der Waals surface area contributed by atoms with E-state index < -0.39 is 0 Å². The van der Waals surface area contributed by atoms with Crippen LogP contribution in [0.5, 0.6) is 17.2 Å². The topological polar surface area (TPSA) is 44.8 Å². The SMILES string of the molecule is CCOc1cc(/C=C/C(=O)/C=C/c2cccc(OC)c2)ccc1OC. The molecule has 0 aliphatic rings. The number of rotatable bonds is 8. The van der Waals surface area contributed by atoms with Crippen LogP contribution in [-0.2, 0) is 4.79 Å².